The van der Waals surface area contributed by atoms with Gasteiger partial charge in [0.15, 0.2) is 0 Å². The smallest absolute Gasteiger partial charge is 0.220 e. The van der Waals surface area contributed by atoms with Crippen molar-refractivity contribution < 1.29 is 9.59 Å². The van der Waals surface area contributed by atoms with Gasteiger partial charge in [-0.25, -0.2) is 0 Å². The summed E-state index contributed by atoms with van der Waals surface area (Å²) >= 11 is 0. The van der Waals surface area contributed by atoms with Gasteiger partial charge in [-0.1, -0.05) is 44.8 Å². The molecule has 1 N–H and O–H groups in total. The molecule has 19 heavy (non-hydrogen) atoms. The fraction of sp³-hybridized carbons (Fsp3) is 0.750. The largest absolute Gasteiger partial charge is 0.349 e. The SMILES string of the molecule is CCCC/C=C\CCCCCCC(=O)NCC(C)=O. The zero-order valence-corrected chi connectivity index (χ0v) is 12.5. The summed E-state index contributed by atoms with van der Waals surface area (Å²) < 4.78 is 0. The minimum absolute atomic E-state index is 0.00297. The molecule has 0 aliphatic carbocycles. The molecule has 110 valence electrons. The van der Waals surface area contributed by atoms with E-state index in [9.17, 15) is 9.59 Å². The Morgan fingerprint density at radius 3 is 2.21 bits per heavy atom. The lowest BCUT2D eigenvalue weighted by atomic mass is 10.1. The molecule has 0 bridgehead atoms. The number of carbonyl (C=O) groups excluding carboxylic acids is 2. The van der Waals surface area contributed by atoms with Gasteiger partial charge in [-0.05, 0) is 32.6 Å². The molecule has 0 atom stereocenters. The highest BCUT2D eigenvalue weighted by Crippen LogP contribution is 2.06. The molecule has 0 fully saturated rings. The van der Waals surface area contributed by atoms with Crippen molar-refractivity contribution in [2.24, 2.45) is 0 Å². The van der Waals surface area contributed by atoms with Crippen LogP contribution in [0.4, 0.5) is 0 Å². The van der Waals surface area contributed by atoms with Crippen LogP contribution in [0.1, 0.15) is 71.6 Å². The Kier molecular flexibility index (Phi) is 12.5. The van der Waals surface area contributed by atoms with Gasteiger partial charge in [0, 0.05) is 6.42 Å². The van der Waals surface area contributed by atoms with E-state index in [-0.39, 0.29) is 18.2 Å². The first kappa shape index (κ1) is 17.9. The van der Waals surface area contributed by atoms with Crippen LogP contribution in [0, 0.1) is 0 Å². The number of nitrogens with one attached hydrogen (secondary N) is 1. The van der Waals surface area contributed by atoms with Gasteiger partial charge >= 0.3 is 0 Å². The molecule has 0 rings (SSSR count). The van der Waals surface area contributed by atoms with Crippen LogP contribution in [-0.4, -0.2) is 18.2 Å². The Morgan fingerprint density at radius 1 is 0.947 bits per heavy atom. The second-order valence-corrected chi connectivity index (χ2v) is 5.05. The first-order chi connectivity index (χ1) is 9.16. The molecule has 3 nitrogen and oxygen atoms in total. The molecule has 0 unspecified atom stereocenters. The fourth-order valence-electron chi connectivity index (χ4n) is 1.77. The fourth-order valence-corrected chi connectivity index (χ4v) is 1.77. The van der Waals surface area contributed by atoms with Crippen LogP contribution < -0.4 is 5.32 Å². The number of Topliss-reactive ketones (excluding diaryl/α,β-unsaturated/α-hetero) is 1. The van der Waals surface area contributed by atoms with Crippen LogP contribution >= 0.6 is 0 Å². The summed E-state index contributed by atoms with van der Waals surface area (Å²) in [6.07, 6.45) is 14.4. The summed E-state index contributed by atoms with van der Waals surface area (Å²) in [6, 6.07) is 0. The van der Waals surface area contributed by atoms with E-state index in [4.69, 9.17) is 0 Å². The standard InChI is InChI=1S/C16H29NO2/c1-3-4-5-6-7-8-9-10-11-12-13-16(19)17-14-15(2)18/h6-7H,3-5,8-14H2,1-2H3,(H,17,19)/b7-6-. The monoisotopic (exact) mass is 267 g/mol. The van der Waals surface area contributed by atoms with E-state index in [1.807, 2.05) is 0 Å². The van der Waals surface area contributed by atoms with Crippen molar-refractivity contribution >= 4 is 11.7 Å². The van der Waals surface area contributed by atoms with Gasteiger partial charge in [-0.3, -0.25) is 9.59 Å². The van der Waals surface area contributed by atoms with Crippen LogP contribution in [0.5, 0.6) is 0 Å². The maximum Gasteiger partial charge on any atom is 0.220 e. The van der Waals surface area contributed by atoms with Crippen LogP contribution in [0.2, 0.25) is 0 Å². The molecule has 0 heterocycles. The predicted octanol–water partition coefficient (Wildman–Crippen LogP) is 3.78. The van der Waals surface area contributed by atoms with Crippen molar-refractivity contribution in [1.29, 1.82) is 0 Å². The quantitative estimate of drug-likeness (QED) is 0.432. The van der Waals surface area contributed by atoms with E-state index in [1.165, 1.54) is 39.0 Å². The highest BCUT2D eigenvalue weighted by atomic mass is 16.2. The molecule has 0 aliphatic heterocycles. The molecule has 0 aliphatic rings. The van der Waals surface area contributed by atoms with Crippen molar-refractivity contribution in [3.05, 3.63) is 12.2 Å². The minimum atomic E-state index is -0.00494. The third-order valence-electron chi connectivity index (χ3n) is 2.95. The molecule has 0 aromatic rings. The number of hydrogen-bond acceptors (Lipinski definition) is 2. The highest BCUT2D eigenvalue weighted by molar-refractivity contribution is 5.84. The van der Waals surface area contributed by atoms with Gasteiger partial charge in [0.05, 0.1) is 6.54 Å². The van der Waals surface area contributed by atoms with Gasteiger partial charge in [0.25, 0.3) is 0 Å². The molecule has 3 heteroatoms. The average Bonchev–Trinajstić information content (AvgIpc) is 2.38. The van der Waals surface area contributed by atoms with E-state index < -0.39 is 0 Å². The zero-order valence-electron chi connectivity index (χ0n) is 12.5. The van der Waals surface area contributed by atoms with Gasteiger partial charge in [-0.2, -0.15) is 0 Å². The zero-order chi connectivity index (χ0) is 14.3. The van der Waals surface area contributed by atoms with Gasteiger partial charge in [-0.15, -0.1) is 0 Å². The van der Waals surface area contributed by atoms with E-state index in [2.05, 4.69) is 24.4 Å². The lowest BCUT2D eigenvalue weighted by Crippen LogP contribution is -2.27. The Morgan fingerprint density at radius 2 is 1.58 bits per heavy atom. The molecule has 0 aromatic carbocycles. The van der Waals surface area contributed by atoms with Crippen LogP contribution in [-0.2, 0) is 9.59 Å². The second-order valence-electron chi connectivity index (χ2n) is 5.05. The molecule has 0 saturated carbocycles. The lowest BCUT2D eigenvalue weighted by molar-refractivity contribution is -0.124. The summed E-state index contributed by atoms with van der Waals surface area (Å²) in [6.45, 7) is 3.86. The van der Waals surface area contributed by atoms with Crippen molar-refractivity contribution in [3.63, 3.8) is 0 Å². The summed E-state index contributed by atoms with van der Waals surface area (Å²) in [4.78, 5) is 22.0. The summed E-state index contributed by atoms with van der Waals surface area (Å²) in [5, 5.41) is 2.61. The van der Waals surface area contributed by atoms with Crippen molar-refractivity contribution in [1.82, 2.24) is 5.32 Å². The Bertz CT molecular complexity index is 272. The van der Waals surface area contributed by atoms with E-state index in [0.717, 1.165) is 19.3 Å². The molecular formula is C16H29NO2. The van der Waals surface area contributed by atoms with Crippen molar-refractivity contribution in [3.8, 4) is 0 Å². The lowest BCUT2D eigenvalue weighted by Gasteiger charge is -2.02. The second kappa shape index (κ2) is 13.3. The van der Waals surface area contributed by atoms with Gasteiger partial charge in [0.2, 0.25) is 5.91 Å². The number of hydrogen-bond donors (Lipinski definition) is 1. The molecule has 0 saturated heterocycles. The topological polar surface area (TPSA) is 46.2 Å². The molecule has 0 spiro atoms. The Labute approximate surface area is 117 Å². The summed E-state index contributed by atoms with van der Waals surface area (Å²) in [7, 11) is 0. The maximum absolute atomic E-state index is 11.3. The third-order valence-corrected chi connectivity index (χ3v) is 2.95. The Hall–Kier alpha value is -1.12. The number of carbonyl (C=O) groups is 2. The Balaban J connectivity index is 3.24. The molecule has 0 aromatic heterocycles. The number of allylic oxidation sites excluding steroid dienone is 2. The highest BCUT2D eigenvalue weighted by Gasteiger charge is 2.01. The van der Waals surface area contributed by atoms with Gasteiger partial charge in [0.1, 0.15) is 5.78 Å². The van der Waals surface area contributed by atoms with E-state index in [1.54, 1.807) is 0 Å². The summed E-state index contributed by atoms with van der Waals surface area (Å²) in [5.74, 6) is -0.00197. The third kappa shape index (κ3) is 14.8. The molecular weight excluding hydrogens is 238 g/mol. The number of rotatable bonds is 12. The number of unbranched alkanes of at least 4 members (excludes halogenated alkanes) is 6. The average molecular weight is 267 g/mol. The van der Waals surface area contributed by atoms with Gasteiger partial charge < -0.3 is 5.32 Å². The number of amides is 1. The van der Waals surface area contributed by atoms with Crippen molar-refractivity contribution in [2.75, 3.05) is 6.54 Å². The van der Waals surface area contributed by atoms with E-state index in [0.29, 0.717) is 6.42 Å². The van der Waals surface area contributed by atoms with Crippen molar-refractivity contribution in [2.45, 2.75) is 71.6 Å². The molecule has 0 radical (unpaired) electrons. The number of ketones is 1. The first-order valence-corrected chi connectivity index (χ1v) is 7.58. The first-order valence-electron chi connectivity index (χ1n) is 7.58. The predicted molar refractivity (Wildman–Crippen MR) is 80.1 cm³/mol. The maximum atomic E-state index is 11.3. The van der Waals surface area contributed by atoms with E-state index >= 15 is 0 Å². The minimum Gasteiger partial charge on any atom is -0.349 e. The summed E-state index contributed by atoms with van der Waals surface area (Å²) in [5.41, 5.74) is 0. The normalized spacial score (nSPS) is 10.8. The van der Waals surface area contributed by atoms with Crippen LogP contribution in [0.25, 0.3) is 0 Å². The van der Waals surface area contributed by atoms with Crippen LogP contribution in [0.15, 0.2) is 12.2 Å². The molecule has 1 amide bonds. The van der Waals surface area contributed by atoms with Crippen LogP contribution in [0.3, 0.4) is 0 Å².